The van der Waals surface area contributed by atoms with Gasteiger partial charge in [-0.3, -0.25) is 9.69 Å². The Balaban J connectivity index is 2.11. The fourth-order valence-corrected chi connectivity index (χ4v) is 2.28. The van der Waals surface area contributed by atoms with Crippen molar-refractivity contribution in [2.24, 2.45) is 5.73 Å². The van der Waals surface area contributed by atoms with Crippen LogP contribution in [0.15, 0.2) is 48.5 Å². The molecule has 0 spiro atoms. The van der Waals surface area contributed by atoms with E-state index in [2.05, 4.69) is 11.8 Å². The minimum absolute atomic E-state index is 0.396. The van der Waals surface area contributed by atoms with Gasteiger partial charge in [-0.2, -0.15) is 0 Å². The molecule has 4 nitrogen and oxygen atoms in total. The van der Waals surface area contributed by atoms with Crippen molar-refractivity contribution in [3.8, 4) is 0 Å². The molecular formula is C17H21N3O. The molecule has 0 bridgehead atoms. The first-order chi connectivity index (χ1) is 10.1. The summed E-state index contributed by atoms with van der Waals surface area (Å²) in [7, 11) is 0. The summed E-state index contributed by atoms with van der Waals surface area (Å²) >= 11 is 0. The summed E-state index contributed by atoms with van der Waals surface area (Å²) in [6, 6.07) is 15.3. The van der Waals surface area contributed by atoms with Gasteiger partial charge in [0.05, 0.1) is 0 Å². The van der Waals surface area contributed by atoms with E-state index >= 15 is 0 Å². The first-order valence-electron chi connectivity index (χ1n) is 7.04. The average molecular weight is 283 g/mol. The van der Waals surface area contributed by atoms with Gasteiger partial charge in [0.15, 0.2) is 0 Å². The van der Waals surface area contributed by atoms with Crippen molar-refractivity contribution in [2.75, 3.05) is 12.3 Å². The minimum Gasteiger partial charge on any atom is -0.398 e. The van der Waals surface area contributed by atoms with Crippen molar-refractivity contribution < 1.29 is 4.79 Å². The van der Waals surface area contributed by atoms with Crippen molar-refractivity contribution in [3.63, 3.8) is 0 Å². The Hall–Kier alpha value is -2.33. The van der Waals surface area contributed by atoms with Crippen LogP contribution < -0.4 is 11.5 Å². The largest absolute Gasteiger partial charge is 0.398 e. The van der Waals surface area contributed by atoms with Gasteiger partial charge in [-0.15, -0.1) is 0 Å². The Labute approximate surface area is 125 Å². The first kappa shape index (κ1) is 15.1. The van der Waals surface area contributed by atoms with Gasteiger partial charge in [-0.1, -0.05) is 37.3 Å². The Morgan fingerprint density at radius 1 is 1.10 bits per heavy atom. The number of anilines is 1. The van der Waals surface area contributed by atoms with Crippen LogP contribution in [0.2, 0.25) is 0 Å². The summed E-state index contributed by atoms with van der Waals surface area (Å²) in [6.07, 6.45) is 0. The molecule has 0 aliphatic carbocycles. The van der Waals surface area contributed by atoms with Crippen LogP contribution in [-0.4, -0.2) is 17.4 Å². The predicted octanol–water partition coefficient (Wildman–Crippen LogP) is 2.39. The van der Waals surface area contributed by atoms with Gasteiger partial charge in [0.25, 0.3) is 0 Å². The van der Waals surface area contributed by atoms with Gasteiger partial charge < -0.3 is 11.5 Å². The van der Waals surface area contributed by atoms with E-state index in [9.17, 15) is 4.79 Å². The third-order valence-electron chi connectivity index (χ3n) is 3.51. The molecule has 4 heteroatoms. The Kier molecular flexibility index (Phi) is 4.95. The lowest BCUT2D eigenvalue weighted by atomic mass is 10.1. The van der Waals surface area contributed by atoms with E-state index in [4.69, 9.17) is 11.5 Å². The van der Waals surface area contributed by atoms with Crippen LogP contribution in [0.3, 0.4) is 0 Å². The van der Waals surface area contributed by atoms with Gasteiger partial charge in [-0.05, 0) is 35.9 Å². The van der Waals surface area contributed by atoms with E-state index in [0.29, 0.717) is 5.56 Å². The van der Waals surface area contributed by atoms with Crippen molar-refractivity contribution in [2.45, 2.75) is 20.0 Å². The van der Waals surface area contributed by atoms with Crippen LogP contribution in [0, 0.1) is 0 Å². The topological polar surface area (TPSA) is 72.3 Å². The number of para-hydroxylation sites is 1. The number of benzene rings is 2. The molecule has 0 aliphatic heterocycles. The standard InChI is InChI=1S/C17H21N3O/c1-2-20(12-15-7-3-4-9-16(15)18)11-13-6-5-8-14(10-13)17(19)21/h3-10H,2,11-12,18H2,1H3,(H2,19,21). The molecule has 110 valence electrons. The predicted molar refractivity (Wildman–Crippen MR) is 85.6 cm³/mol. The number of amides is 1. The number of nitrogen functional groups attached to an aromatic ring is 1. The third-order valence-corrected chi connectivity index (χ3v) is 3.51. The van der Waals surface area contributed by atoms with Crippen LogP contribution in [-0.2, 0) is 13.1 Å². The Morgan fingerprint density at radius 3 is 2.52 bits per heavy atom. The Morgan fingerprint density at radius 2 is 1.86 bits per heavy atom. The number of carbonyl (C=O) groups is 1. The zero-order chi connectivity index (χ0) is 15.2. The number of hydrogen-bond donors (Lipinski definition) is 2. The van der Waals surface area contributed by atoms with Crippen LogP contribution >= 0.6 is 0 Å². The molecule has 0 radical (unpaired) electrons. The zero-order valence-electron chi connectivity index (χ0n) is 12.3. The molecule has 0 unspecified atom stereocenters. The second-order valence-corrected chi connectivity index (χ2v) is 5.07. The molecular weight excluding hydrogens is 262 g/mol. The normalized spacial score (nSPS) is 10.8. The highest BCUT2D eigenvalue weighted by atomic mass is 16.1. The lowest BCUT2D eigenvalue weighted by molar-refractivity contribution is 0.1000. The van der Waals surface area contributed by atoms with Gasteiger partial charge in [0.2, 0.25) is 5.91 Å². The van der Waals surface area contributed by atoms with Gasteiger partial charge in [0.1, 0.15) is 0 Å². The molecule has 1 amide bonds. The highest BCUT2D eigenvalue weighted by Gasteiger charge is 2.08. The summed E-state index contributed by atoms with van der Waals surface area (Å²) in [5, 5.41) is 0. The van der Waals surface area contributed by atoms with E-state index in [1.165, 1.54) is 0 Å². The number of carbonyl (C=O) groups excluding carboxylic acids is 1. The second-order valence-electron chi connectivity index (χ2n) is 5.07. The molecule has 21 heavy (non-hydrogen) atoms. The SMILES string of the molecule is CCN(Cc1cccc(C(N)=O)c1)Cc1ccccc1N. The van der Waals surface area contributed by atoms with Crippen molar-refractivity contribution in [3.05, 3.63) is 65.2 Å². The molecule has 0 heterocycles. The molecule has 4 N–H and O–H groups in total. The fraction of sp³-hybridized carbons (Fsp3) is 0.235. The maximum Gasteiger partial charge on any atom is 0.248 e. The quantitative estimate of drug-likeness (QED) is 0.800. The molecule has 0 saturated carbocycles. The van der Waals surface area contributed by atoms with E-state index in [1.807, 2.05) is 42.5 Å². The van der Waals surface area contributed by atoms with Crippen molar-refractivity contribution >= 4 is 11.6 Å². The number of hydrogen-bond acceptors (Lipinski definition) is 3. The molecule has 0 fully saturated rings. The molecule has 0 saturated heterocycles. The van der Waals surface area contributed by atoms with E-state index in [-0.39, 0.29) is 0 Å². The molecule has 2 aromatic rings. The highest BCUT2D eigenvalue weighted by Crippen LogP contribution is 2.16. The lowest BCUT2D eigenvalue weighted by Gasteiger charge is -2.21. The maximum atomic E-state index is 11.2. The van der Waals surface area contributed by atoms with Crippen LogP contribution in [0.4, 0.5) is 5.69 Å². The van der Waals surface area contributed by atoms with Gasteiger partial charge in [0, 0.05) is 24.3 Å². The van der Waals surface area contributed by atoms with Crippen molar-refractivity contribution in [1.29, 1.82) is 0 Å². The first-order valence-corrected chi connectivity index (χ1v) is 7.04. The number of nitrogens with two attached hydrogens (primary N) is 2. The smallest absolute Gasteiger partial charge is 0.248 e. The number of primary amides is 1. The molecule has 0 aliphatic rings. The average Bonchev–Trinajstić information content (AvgIpc) is 2.49. The summed E-state index contributed by atoms with van der Waals surface area (Å²) in [5.41, 5.74) is 14.9. The van der Waals surface area contributed by atoms with Crippen LogP contribution in [0.5, 0.6) is 0 Å². The third kappa shape index (κ3) is 4.07. The van der Waals surface area contributed by atoms with Crippen LogP contribution in [0.25, 0.3) is 0 Å². The molecule has 0 aromatic heterocycles. The second kappa shape index (κ2) is 6.90. The van der Waals surface area contributed by atoms with Gasteiger partial charge >= 0.3 is 0 Å². The summed E-state index contributed by atoms with van der Waals surface area (Å²) in [4.78, 5) is 13.5. The summed E-state index contributed by atoms with van der Waals surface area (Å²) < 4.78 is 0. The minimum atomic E-state index is -0.396. The number of rotatable bonds is 6. The zero-order valence-corrected chi connectivity index (χ0v) is 12.3. The highest BCUT2D eigenvalue weighted by molar-refractivity contribution is 5.92. The van der Waals surface area contributed by atoms with Crippen LogP contribution in [0.1, 0.15) is 28.4 Å². The summed E-state index contributed by atoms with van der Waals surface area (Å²) in [5.74, 6) is -0.396. The monoisotopic (exact) mass is 283 g/mol. The van der Waals surface area contributed by atoms with E-state index in [0.717, 1.165) is 36.4 Å². The van der Waals surface area contributed by atoms with Gasteiger partial charge in [-0.25, -0.2) is 0 Å². The fourth-order valence-electron chi connectivity index (χ4n) is 2.28. The van der Waals surface area contributed by atoms with Crippen molar-refractivity contribution in [1.82, 2.24) is 4.90 Å². The summed E-state index contributed by atoms with van der Waals surface area (Å²) in [6.45, 7) is 4.54. The maximum absolute atomic E-state index is 11.2. The number of nitrogens with zero attached hydrogens (tertiary/aromatic N) is 1. The molecule has 0 atom stereocenters. The lowest BCUT2D eigenvalue weighted by Crippen LogP contribution is -2.23. The molecule has 2 rings (SSSR count). The molecule has 2 aromatic carbocycles. The Bertz CT molecular complexity index is 625. The van der Waals surface area contributed by atoms with E-state index < -0.39 is 5.91 Å². The van der Waals surface area contributed by atoms with E-state index in [1.54, 1.807) is 6.07 Å².